The van der Waals surface area contributed by atoms with Gasteiger partial charge in [-0.2, -0.15) is 0 Å². The molecule has 0 spiro atoms. The van der Waals surface area contributed by atoms with Crippen LogP contribution in [0.25, 0.3) is 0 Å². The molecule has 3 amide bonds. The van der Waals surface area contributed by atoms with Gasteiger partial charge in [-0.3, -0.25) is 10.1 Å². The van der Waals surface area contributed by atoms with E-state index in [-0.39, 0.29) is 0 Å². The first-order chi connectivity index (χ1) is 7.59. The van der Waals surface area contributed by atoms with Crippen molar-refractivity contribution in [1.29, 1.82) is 0 Å². The molecule has 0 heterocycles. The smallest absolute Gasteiger partial charge is 0.321 e. The highest BCUT2D eigenvalue weighted by atomic mass is 35.5. The van der Waals surface area contributed by atoms with Crippen LogP contribution in [-0.2, 0) is 11.3 Å². The average molecular weight is 241 g/mol. The maximum Gasteiger partial charge on any atom is 0.321 e. The number of rotatable bonds is 3. The summed E-state index contributed by atoms with van der Waals surface area (Å²) in [7, 11) is 0. The van der Waals surface area contributed by atoms with Gasteiger partial charge in [0.25, 0.3) is 0 Å². The normalized spacial score (nSPS) is 11.6. The van der Waals surface area contributed by atoms with E-state index in [1.807, 2.05) is 30.3 Å². The molecule has 4 nitrogen and oxygen atoms in total. The standard InChI is InChI=1S/C11H13ClN2O2/c1-8(12)10(15)14-11(16)13-7-9-5-3-2-4-6-9/h2-6,8H,7H2,1H3,(H2,13,14,15,16). The van der Waals surface area contributed by atoms with Crippen LogP contribution in [0.1, 0.15) is 12.5 Å². The summed E-state index contributed by atoms with van der Waals surface area (Å²) in [5.74, 6) is -0.507. The lowest BCUT2D eigenvalue weighted by molar-refractivity contribution is -0.119. The molecule has 5 heteroatoms. The fraction of sp³-hybridized carbons (Fsp3) is 0.273. The van der Waals surface area contributed by atoms with Gasteiger partial charge in [0.15, 0.2) is 0 Å². The first-order valence-corrected chi connectivity index (χ1v) is 5.30. The van der Waals surface area contributed by atoms with Crippen molar-refractivity contribution in [2.75, 3.05) is 0 Å². The van der Waals surface area contributed by atoms with Crippen molar-refractivity contribution >= 4 is 23.5 Å². The number of hydrogen-bond donors (Lipinski definition) is 2. The Morgan fingerprint density at radius 3 is 2.50 bits per heavy atom. The summed E-state index contributed by atoms with van der Waals surface area (Å²) >= 11 is 5.50. The highest BCUT2D eigenvalue weighted by Crippen LogP contribution is 1.97. The Hall–Kier alpha value is -1.55. The molecule has 0 aliphatic carbocycles. The number of nitrogens with one attached hydrogen (secondary N) is 2. The van der Waals surface area contributed by atoms with Gasteiger partial charge in [-0.15, -0.1) is 11.6 Å². The zero-order valence-corrected chi connectivity index (χ0v) is 9.62. The van der Waals surface area contributed by atoms with E-state index in [0.717, 1.165) is 5.56 Å². The van der Waals surface area contributed by atoms with Crippen molar-refractivity contribution in [3.63, 3.8) is 0 Å². The topological polar surface area (TPSA) is 58.2 Å². The fourth-order valence-electron chi connectivity index (χ4n) is 1.03. The van der Waals surface area contributed by atoms with Gasteiger partial charge in [0.1, 0.15) is 5.38 Å². The van der Waals surface area contributed by atoms with E-state index in [1.165, 1.54) is 6.92 Å². The molecule has 1 rings (SSSR count). The van der Waals surface area contributed by atoms with Gasteiger partial charge >= 0.3 is 6.03 Å². The molecule has 1 unspecified atom stereocenters. The molecular formula is C11H13ClN2O2. The van der Waals surface area contributed by atoms with E-state index in [1.54, 1.807) is 0 Å². The molecule has 0 bridgehead atoms. The number of benzene rings is 1. The van der Waals surface area contributed by atoms with Crippen LogP contribution in [0.5, 0.6) is 0 Å². The van der Waals surface area contributed by atoms with E-state index in [9.17, 15) is 9.59 Å². The predicted molar refractivity (Wildman–Crippen MR) is 62.1 cm³/mol. The van der Waals surface area contributed by atoms with E-state index >= 15 is 0 Å². The molecule has 86 valence electrons. The Labute approximate surface area is 99.0 Å². The van der Waals surface area contributed by atoms with Crippen molar-refractivity contribution in [3.05, 3.63) is 35.9 Å². The van der Waals surface area contributed by atoms with E-state index < -0.39 is 17.3 Å². The first kappa shape index (κ1) is 12.5. The minimum atomic E-state index is -0.720. The zero-order chi connectivity index (χ0) is 12.0. The minimum Gasteiger partial charge on any atom is -0.334 e. The third-order valence-electron chi connectivity index (χ3n) is 1.89. The van der Waals surface area contributed by atoms with Crippen molar-refractivity contribution < 1.29 is 9.59 Å². The van der Waals surface area contributed by atoms with Crippen molar-refractivity contribution in [2.45, 2.75) is 18.8 Å². The number of carbonyl (C=O) groups is 2. The lowest BCUT2D eigenvalue weighted by Gasteiger charge is -2.07. The van der Waals surface area contributed by atoms with Crippen LogP contribution in [0.4, 0.5) is 4.79 Å². The van der Waals surface area contributed by atoms with Crippen LogP contribution in [0.3, 0.4) is 0 Å². The van der Waals surface area contributed by atoms with Crippen LogP contribution < -0.4 is 10.6 Å². The Bertz CT molecular complexity index is 366. The summed E-state index contributed by atoms with van der Waals surface area (Å²) in [5.41, 5.74) is 0.962. The molecule has 0 saturated heterocycles. The second kappa shape index (κ2) is 6.12. The lowest BCUT2D eigenvalue weighted by Crippen LogP contribution is -2.41. The minimum absolute atomic E-state index is 0.372. The number of halogens is 1. The van der Waals surface area contributed by atoms with Gasteiger partial charge in [0.05, 0.1) is 0 Å². The molecule has 1 aromatic carbocycles. The Kier molecular flexibility index (Phi) is 4.79. The molecule has 1 aromatic rings. The molecule has 0 fully saturated rings. The molecule has 0 saturated carbocycles. The lowest BCUT2D eigenvalue weighted by atomic mass is 10.2. The summed E-state index contributed by atoms with van der Waals surface area (Å²) in [5, 5.41) is 3.96. The largest absolute Gasteiger partial charge is 0.334 e. The maximum absolute atomic E-state index is 11.2. The molecular weight excluding hydrogens is 228 g/mol. The Morgan fingerprint density at radius 1 is 1.31 bits per heavy atom. The van der Waals surface area contributed by atoms with E-state index in [2.05, 4.69) is 10.6 Å². The van der Waals surface area contributed by atoms with Gasteiger partial charge in [-0.1, -0.05) is 30.3 Å². The van der Waals surface area contributed by atoms with Crippen LogP contribution in [0, 0.1) is 0 Å². The summed E-state index contributed by atoms with van der Waals surface area (Å²) in [4.78, 5) is 22.3. The van der Waals surface area contributed by atoms with Gasteiger partial charge in [0.2, 0.25) is 5.91 Å². The van der Waals surface area contributed by atoms with E-state index in [4.69, 9.17) is 11.6 Å². The Morgan fingerprint density at radius 2 is 1.94 bits per heavy atom. The Balaban J connectivity index is 2.34. The highest BCUT2D eigenvalue weighted by Gasteiger charge is 2.12. The maximum atomic E-state index is 11.2. The summed E-state index contributed by atoms with van der Waals surface area (Å²) in [6.07, 6.45) is 0. The molecule has 0 aliphatic rings. The van der Waals surface area contributed by atoms with Gasteiger partial charge in [-0.25, -0.2) is 4.79 Å². The SMILES string of the molecule is CC(Cl)C(=O)NC(=O)NCc1ccccc1. The van der Waals surface area contributed by atoms with Crippen LogP contribution >= 0.6 is 11.6 Å². The highest BCUT2D eigenvalue weighted by molar-refractivity contribution is 6.31. The van der Waals surface area contributed by atoms with Crippen LogP contribution in [-0.4, -0.2) is 17.3 Å². The van der Waals surface area contributed by atoms with Crippen molar-refractivity contribution in [3.8, 4) is 0 Å². The number of imide groups is 1. The first-order valence-electron chi connectivity index (χ1n) is 4.86. The van der Waals surface area contributed by atoms with Crippen LogP contribution in [0.2, 0.25) is 0 Å². The van der Waals surface area contributed by atoms with Gasteiger partial charge in [-0.05, 0) is 12.5 Å². The molecule has 1 atom stereocenters. The monoisotopic (exact) mass is 240 g/mol. The average Bonchev–Trinajstić information content (AvgIpc) is 2.27. The third-order valence-corrected chi connectivity index (χ3v) is 2.09. The number of carbonyl (C=O) groups excluding carboxylic acids is 2. The quantitative estimate of drug-likeness (QED) is 0.790. The van der Waals surface area contributed by atoms with Crippen molar-refractivity contribution in [2.24, 2.45) is 0 Å². The second-order valence-electron chi connectivity index (χ2n) is 3.27. The zero-order valence-electron chi connectivity index (χ0n) is 8.87. The van der Waals surface area contributed by atoms with Crippen LogP contribution in [0.15, 0.2) is 30.3 Å². The third kappa shape index (κ3) is 4.31. The predicted octanol–water partition coefficient (Wildman–Crippen LogP) is 1.64. The summed E-state index contributed by atoms with van der Waals surface area (Å²) < 4.78 is 0. The van der Waals surface area contributed by atoms with Gasteiger partial charge < -0.3 is 5.32 Å². The molecule has 0 radical (unpaired) electrons. The number of amides is 3. The second-order valence-corrected chi connectivity index (χ2v) is 3.93. The van der Waals surface area contributed by atoms with Crippen molar-refractivity contribution in [1.82, 2.24) is 10.6 Å². The molecule has 2 N–H and O–H groups in total. The number of hydrogen-bond acceptors (Lipinski definition) is 2. The van der Waals surface area contributed by atoms with E-state index in [0.29, 0.717) is 6.54 Å². The number of alkyl halides is 1. The number of urea groups is 1. The summed E-state index contributed by atoms with van der Waals surface area (Å²) in [6.45, 7) is 1.87. The molecule has 0 aromatic heterocycles. The molecule has 16 heavy (non-hydrogen) atoms. The molecule has 0 aliphatic heterocycles. The summed E-state index contributed by atoms with van der Waals surface area (Å²) in [6, 6.07) is 8.86. The van der Waals surface area contributed by atoms with Gasteiger partial charge in [0, 0.05) is 6.54 Å². The fourth-order valence-corrected chi connectivity index (χ4v) is 1.09.